The van der Waals surface area contributed by atoms with Crippen LogP contribution in [0.25, 0.3) is 22.3 Å². The third-order valence-electron chi connectivity index (χ3n) is 11.3. The average molecular weight is 865 g/mol. The first-order valence-electron chi connectivity index (χ1n) is 21.5. The zero-order valence-electron chi connectivity index (χ0n) is 35.0. The Bertz CT molecular complexity index is 2800. The molecule has 0 saturated carbocycles. The summed E-state index contributed by atoms with van der Waals surface area (Å²) in [6.45, 7) is 4.94. The van der Waals surface area contributed by atoms with Crippen molar-refractivity contribution in [1.29, 1.82) is 0 Å². The monoisotopic (exact) mass is 863 g/mol. The maximum atomic E-state index is 15.8. The number of aromatic nitrogens is 1. The average Bonchev–Trinajstić information content (AvgIpc) is 4.13. The number of allylic oxidation sites excluding steroid dienone is 6. The van der Waals surface area contributed by atoms with Crippen molar-refractivity contribution >= 4 is 39.4 Å². The smallest absolute Gasteiger partial charge is 0.870 e. The second kappa shape index (κ2) is 19.3. The van der Waals surface area contributed by atoms with E-state index in [0.29, 0.717) is 41.1 Å². The Balaban J connectivity index is 0.00000529. The number of nitrogens with zero attached hydrogens (tertiary/aromatic N) is 4. The second-order valence-electron chi connectivity index (χ2n) is 15.5. The molecule has 0 atom stereocenters. The molecule has 0 amide bonds. The summed E-state index contributed by atoms with van der Waals surface area (Å²) in [6, 6.07) is 44.4. The molecule has 5 heterocycles. The van der Waals surface area contributed by atoms with E-state index in [1.165, 1.54) is 0 Å². The predicted molar refractivity (Wildman–Crippen MR) is 245 cm³/mol. The van der Waals surface area contributed by atoms with Crippen LogP contribution < -0.4 is 20.8 Å². The molecule has 0 saturated heterocycles. The molecule has 5 aromatic rings. The van der Waals surface area contributed by atoms with E-state index in [4.69, 9.17) is 29.4 Å². The van der Waals surface area contributed by atoms with Gasteiger partial charge in [-0.25, -0.2) is 15.0 Å². The molecule has 9 rings (SSSR count). The topological polar surface area (TPSA) is 92.7 Å². The normalized spacial score (nSPS) is 16.5. The van der Waals surface area contributed by atoms with Crippen molar-refractivity contribution in [2.45, 2.75) is 58.2 Å². The summed E-state index contributed by atoms with van der Waals surface area (Å²) in [7, 11) is 0. The Morgan fingerprint density at radius 2 is 0.903 bits per heavy atom. The first kappa shape index (κ1) is 42.5. The minimum atomic E-state index is -1.85. The number of rotatable bonds is 14. The molecular weight excluding hydrogens is 816 g/mol. The van der Waals surface area contributed by atoms with Crippen LogP contribution >= 0.6 is 0 Å². The molecule has 0 aliphatic carbocycles. The van der Waals surface area contributed by atoms with Gasteiger partial charge in [0, 0.05) is 11.1 Å². The summed E-state index contributed by atoms with van der Waals surface area (Å²) in [6.07, 6.45) is 13.6. The third kappa shape index (κ3) is 8.27. The fourth-order valence-electron chi connectivity index (χ4n) is 8.34. The zero-order valence-corrected chi connectivity index (χ0v) is 35.9. The maximum absolute atomic E-state index is 15.8. The number of ether oxygens (including phenoxy) is 2. The molecule has 7 nitrogen and oxygen atoms in total. The summed E-state index contributed by atoms with van der Waals surface area (Å²) in [5.74, 6) is -2.20. The van der Waals surface area contributed by atoms with Gasteiger partial charge in [-0.05, 0) is 76.3 Å². The van der Waals surface area contributed by atoms with Crippen LogP contribution in [0.1, 0.15) is 74.6 Å². The van der Waals surface area contributed by atoms with E-state index in [0.717, 1.165) is 94.4 Å². The van der Waals surface area contributed by atoms with Crippen molar-refractivity contribution in [3.63, 3.8) is 0 Å². The molecule has 4 aromatic carbocycles. The number of fused-ring (bicyclic) bond motifs is 5. The quantitative estimate of drug-likeness (QED) is 0.0633. The molecule has 8 bridgehead atoms. The van der Waals surface area contributed by atoms with Gasteiger partial charge >= 0.3 is 17.1 Å². The van der Waals surface area contributed by atoms with Crippen molar-refractivity contribution < 1.29 is 31.6 Å². The number of benzene rings is 4. The van der Waals surface area contributed by atoms with E-state index < -0.39 is 5.79 Å². The first-order valence-corrected chi connectivity index (χ1v) is 21.5. The SMILES string of the molecule is CCCCCOC1(OCCCCC)C2=NC(=C1[O-])C(c1ccccc1)=c1ccc([n-]1)=C(c1ccccc1)C1=NC(=C(c3ccccc3)C3=NC(=C2c2ccccc2)C=C3)C=C1.[Cu+2]. The minimum absolute atomic E-state index is 0. The summed E-state index contributed by atoms with van der Waals surface area (Å²) in [4.78, 5) is 21.6. The van der Waals surface area contributed by atoms with E-state index in [2.05, 4.69) is 50.3 Å². The van der Waals surface area contributed by atoms with Crippen molar-refractivity contribution in [3.8, 4) is 0 Å². The summed E-state index contributed by atoms with van der Waals surface area (Å²) >= 11 is 0. The van der Waals surface area contributed by atoms with Gasteiger partial charge in [0.1, 0.15) is 5.71 Å². The third-order valence-corrected chi connectivity index (χ3v) is 11.3. The summed E-state index contributed by atoms with van der Waals surface area (Å²) in [5, 5.41) is 17.2. The maximum Gasteiger partial charge on any atom is 2.00 e. The molecule has 1 radical (unpaired) electrons. The molecule has 1 aromatic heterocycles. The molecule has 4 aliphatic heterocycles. The van der Waals surface area contributed by atoms with Gasteiger partial charge in [0.2, 0.25) is 5.79 Å². The fraction of sp³-hybridized carbons (Fsp3) is 0.204. The van der Waals surface area contributed by atoms with Crippen molar-refractivity contribution in [1.82, 2.24) is 4.98 Å². The van der Waals surface area contributed by atoms with Crippen molar-refractivity contribution in [2.75, 3.05) is 13.2 Å². The van der Waals surface area contributed by atoms with Gasteiger partial charge in [-0.15, -0.1) is 10.7 Å². The van der Waals surface area contributed by atoms with E-state index in [1.807, 2.05) is 121 Å². The molecule has 8 heteroatoms. The molecule has 0 spiro atoms. The second-order valence-corrected chi connectivity index (χ2v) is 15.5. The standard InChI is InChI=1S/C54H49N4O3.Cu/c1-3-5-19-35-60-54(61-36-20-6-4-2)52-50(40-27-17-10-18-28-40)46-34-32-44(57-46)48(38-23-13-8-14-24-38)42-30-29-41(55-42)47(37-21-11-7-12-22-37)43-31-33-45(56-43)49(51(58-52)53(54)59)39-25-15-9-16-26-39;/h7-18,21-34H,3-6,19-20,35-36H2,1-2H3,(H-,55,56,57,58,59);/q-1;+2/p-1. The molecule has 62 heavy (non-hydrogen) atoms. The van der Waals surface area contributed by atoms with Gasteiger partial charge in [-0.1, -0.05) is 173 Å². The predicted octanol–water partition coefficient (Wildman–Crippen LogP) is 9.03. The van der Waals surface area contributed by atoms with Gasteiger partial charge in [-0.2, -0.15) is 0 Å². The molecule has 0 N–H and O–H groups in total. The Hall–Kier alpha value is -6.15. The summed E-state index contributed by atoms with van der Waals surface area (Å²) < 4.78 is 13.8. The van der Waals surface area contributed by atoms with Gasteiger partial charge < -0.3 is 19.6 Å². The fourth-order valence-corrected chi connectivity index (χ4v) is 8.34. The van der Waals surface area contributed by atoms with Crippen LogP contribution in [0, 0.1) is 0 Å². The molecule has 4 aliphatic rings. The zero-order chi connectivity index (χ0) is 41.6. The van der Waals surface area contributed by atoms with Gasteiger partial charge in [0.25, 0.3) is 0 Å². The Morgan fingerprint density at radius 3 is 1.40 bits per heavy atom. The number of hydrogen-bond donors (Lipinski definition) is 0. The number of aliphatic imine (C=N–C) groups is 3. The van der Waals surface area contributed by atoms with Crippen LogP contribution in [-0.4, -0.2) is 36.1 Å². The molecule has 313 valence electrons. The van der Waals surface area contributed by atoms with E-state index in [-0.39, 0.29) is 28.5 Å². The first-order chi connectivity index (χ1) is 30.1. The van der Waals surface area contributed by atoms with E-state index in [9.17, 15) is 0 Å². The van der Waals surface area contributed by atoms with Crippen LogP contribution in [0.15, 0.2) is 196 Å². The molecule has 0 unspecified atom stereocenters. The minimum Gasteiger partial charge on any atom is -0.870 e. The van der Waals surface area contributed by atoms with Crippen LogP contribution in [0.5, 0.6) is 0 Å². The molecular formula is C54H48CuN4O3. The summed E-state index contributed by atoms with van der Waals surface area (Å²) in [5.41, 5.74) is 10.2. The van der Waals surface area contributed by atoms with Crippen LogP contribution in [0.3, 0.4) is 0 Å². The Morgan fingerprint density at radius 1 is 0.484 bits per heavy atom. The number of hydrogen-bond acceptors (Lipinski definition) is 6. The van der Waals surface area contributed by atoms with E-state index >= 15 is 5.11 Å². The van der Waals surface area contributed by atoms with Crippen LogP contribution in [0.2, 0.25) is 0 Å². The Labute approximate surface area is 374 Å². The van der Waals surface area contributed by atoms with Crippen LogP contribution in [-0.2, 0) is 26.5 Å². The molecule has 0 fully saturated rings. The van der Waals surface area contributed by atoms with Crippen LogP contribution in [0.4, 0.5) is 0 Å². The number of unbranched alkanes of at least 4 members (excludes halogenated alkanes) is 4. The Kier molecular flexibility index (Phi) is 13.2. The van der Waals surface area contributed by atoms with Crippen molar-refractivity contribution in [2.24, 2.45) is 15.0 Å². The van der Waals surface area contributed by atoms with E-state index in [1.54, 1.807) is 0 Å². The van der Waals surface area contributed by atoms with Gasteiger partial charge in [0.15, 0.2) is 0 Å². The van der Waals surface area contributed by atoms with Gasteiger partial charge in [0.05, 0.1) is 41.7 Å². The largest absolute Gasteiger partial charge is 2.00 e. The van der Waals surface area contributed by atoms with Crippen molar-refractivity contribution in [3.05, 3.63) is 214 Å². The van der Waals surface area contributed by atoms with Gasteiger partial charge in [-0.3, -0.25) is 0 Å².